The van der Waals surface area contributed by atoms with E-state index in [0.29, 0.717) is 30.2 Å². The van der Waals surface area contributed by atoms with Crippen LogP contribution in [0, 0.1) is 0 Å². The fourth-order valence-electron chi connectivity index (χ4n) is 1.82. The molecule has 0 saturated heterocycles. The van der Waals surface area contributed by atoms with Crippen LogP contribution in [0.4, 0.5) is 5.69 Å². The van der Waals surface area contributed by atoms with E-state index in [2.05, 4.69) is 11.4 Å². The van der Waals surface area contributed by atoms with Crippen molar-refractivity contribution in [3.63, 3.8) is 0 Å². The number of amides is 1. The summed E-state index contributed by atoms with van der Waals surface area (Å²) in [6, 6.07) is 9.18. The van der Waals surface area contributed by atoms with Crippen LogP contribution >= 0.6 is 11.3 Å². The molecule has 3 N–H and O–H groups in total. The van der Waals surface area contributed by atoms with Crippen molar-refractivity contribution in [2.24, 2.45) is 0 Å². The minimum atomic E-state index is -0.140. The van der Waals surface area contributed by atoms with Crippen molar-refractivity contribution < 1.29 is 9.53 Å². The third-order valence-electron chi connectivity index (χ3n) is 2.77. The van der Waals surface area contributed by atoms with Gasteiger partial charge in [-0.25, -0.2) is 0 Å². The van der Waals surface area contributed by atoms with Crippen molar-refractivity contribution in [2.75, 3.05) is 18.9 Å². The fraction of sp³-hybridized carbons (Fsp3) is 0.267. The lowest BCUT2D eigenvalue weighted by molar-refractivity contribution is 0.0952. The van der Waals surface area contributed by atoms with Gasteiger partial charge in [0.15, 0.2) is 0 Å². The second kappa shape index (κ2) is 6.96. The number of carbonyl (C=O) groups is 1. The molecule has 2 rings (SSSR count). The molecule has 1 aromatic heterocycles. The van der Waals surface area contributed by atoms with E-state index >= 15 is 0 Å². The molecule has 0 saturated carbocycles. The van der Waals surface area contributed by atoms with Gasteiger partial charge in [-0.3, -0.25) is 4.79 Å². The third kappa shape index (κ3) is 3.74. The van der Waals surface area contributed by atoms with Crippen LogP contribution < -0.4 is 15.8 Å². The van der Waals surface area contributed by atoms with E-state index in [4.69, 9.17) is 10.5 Å². The number of carbonyl (C=O) groups excluding carboxylic acids is 1. The number of nitrogens with one attached hydrogen (secondary N) is 1. The smallest absolute Gasteiger partial charge is 0.255 e. The Bertz CT molecular complexity index is 567. The Hall–Kier alpha value is -2.01. The summed E-state index contributed by atoms with van der Waals surface area (Å²) in [6.45, 7) is 2.99. The molecule has 0 fully saturated rings. The SMILES string of the molecule is CCNC(=O)c1ccc(N)cc1OCCc1cccs1. The van der Waals surface area contributed by atoms with Crippen molar-refractivity contribution in [1.29, 1.82) is 0 Å². The first-order valence-electron chi connectivity index (χ1n) is 6.53. The van der Waals surface area contributed by atoms with E-state index in [-0.39, 0.29) is 5.91 Å². The Labute approximate surface area is 122 Å². The first-order chi connectivity index (χ1) is 9.70. The molecule has 4 nitrogen and oxygen atoms in total. The summed E-state index contributed by atoms with van der Waals surface area (Å²) >= 11 is 1.70. The molecule has 106 valence electrons. The zero-order valence-electron chi connectivity index (χ0n) is 11.4. The monoisotopic (exact) mass is 290 g/mol. The summed E-state index contributed by atoms with van der Waals surface area (Å²) in [4.78, 5) is 13.2. The summed E-state index contributed by atoms with van der Waals surface area (Å²) in [5.41, 5.74) is 6.87. The van der Waals surface area contributed by atoms with Crippen LogP contribution in [0.5, 0.6) is 5.75 Å². The van der Waals surface area contributed by atoms with Crippen LogP contribution in [0.2, 0.25) is 0 Å². The van der Waals surface area contributed by atoms with Crippen LogP contribution in [0.25, 0.3) is 0 Å². The first kappa shape index (κ1) is 14.4. The average Bonchev–Trinajstić information content (AvgIpc) is 2.92. The molecular weight excluding hydrogens is 272 g/mol. The predicted octanol–water partition coefficient (Wildman–Crippen LogP) is 2.70. The second-order valence-corrected chi connectivity index (χ2v) is 5.33. The van der Waals surface area contributed by atoms with Crippen molar-refractivity contribution >= 4 is 22.9 Å². The molecule has 1 heterocycles. The molecule has 0 radical (unpaired) electrons. The predicted molar refractivity (Wildman–Crippen MR) is 82.4 cm³/mol. The fourth-order valence-corrected chi connectivity index (χ4v) is 2.51. The Balaban J connectivity index is 2.05. The largest absolute Gasteiger partial charge is 0.492 e. The Morgan fingerprint density at radius 1 is 1.40 bits per heavy atom. The number of ether oxygens (including phenoxy) is 1. The number of rotatable bonds is 6. The molecule has 2 aromatic rings. The zero-order chi connectivity index (χ0) is 14.4. The number of nitrogens with two attached hydrogens (primary N) is 1. The van der Waals surface area contributed by atoms with E-state index in [9.17, 15) is 4.79 Å². The maximum atomic E-state index is 11.9. The highest BCUT2D eigenvalue weighted by Crippen LogP contribution is 2.22. The van der Waals surface area contributed by atoms with Gasteiger partial charge in [0.25, 0.3) is 5.91 Å². The van der Waals surface area contributed by atoms with Gasteiger partial charge in [-0.15, -0.1) is 11.3 Å². The molecule has 0 bridgehead atoms. The quantitative estimate of drug-likeness (QED) is 0.804. The first-order valence-corrected chi connectivity index (χ1v) is 7.41. The Morgan fingerprint density at radius 3 is 2.95 bits per heavy atom. The Morgan fingerprint density at radius 2 is 2.25 bits per heavy atom. The molecule has 0 aliphatic heterocycles. The average molecular weight is 290 g/mol. The number of benzene rings is 1. The zero-order valence-corrected chi connectivity index (χ0v) is 12.2. The van der Waals surface area contributed by atoms with Crippen molar-refractivity contribution in [2.45, 2.75) is 13.3 Å². The van der Waals surface area contributed by atoms with Gasteiger partial charge < -0.3 is 15.8 Å². The van der Waals surface area contributed by atoms with E-state index in [1.165, 1.54) is 4.88 Å². The summed E-state index contributed by atoms with van der Waals surface area (Å²) in [5.74, 6) is 0.395. The lowest BCUT2D eigenvalue weighted by atomic mass is 10.1. The minimum absolute atomic E-state index is 0.140. The highest BCUT2D eigenvalue weighted by molar-refractivity contribution is 7.09. The maximum Gasteiger partial charge on any atom is 0.255 e. The van der Waals surface area contributed by atoms with Gasteiger partial charge in [0.2, 0.25) is 0 Å². The van der Waals surface area contributed by atoms with Gasteiger partial charge in [-0.1, -0.05) is 6.07 Å². The number of nitrogen functional groups attached to an aromatic ring is 1. The van der Waals surface area contributed by atoms with Crippen LogP contribution in [-0.2, 0) is 6.42 Å². The van der Waals surface area contributed by atoms with Gasteiger partial charge in [-0.2, -0.15) is 0 Å². The summed E-state index contributed by atoms with van der Waals surface area (Å²) in [5, 5.41) is 4.81. The van der Waals surface area contributed by atoms with Gasteiger partial charge in [0.05, 0.1) is 12.2 Å². The lowest BCUT2D eigenvalue weighted by Crippen LogP contribution is -2.23. The van der Waals surface area contributed by atoms with Gasteiger partial charge >= 0.3 is 0 Å². The number of anilines is 1. The summed E-state index contributed by atoms with van der Waals surface area (Å²) in [6.07, 6.45) is 0.821. The third-order valence-corrected chi connectivity index (χ3v) is 3.71. The molecule has 0 unspecified atom stereocenters. The highest BCUT2D eigenvalue weighted by atomic mass is 32.1. The molecule has 0 spiro atoms. The Kier molecular flexibility index (Phi) is 5.01. The summed E-state index contributed by atoms with van der Waals surface area (Å²) < 4.78 is 5.72. The molecular formula is C15H18N2O2S. The molecule has 20 heavy (non-hydrogen) atoms. The maximum absolute atomic E-state index is 11.9. The van der Waals surface area contributed by atoms with Crippen LogP contribution in [-0.4, -0.2) is 19.1 Å². The van der Waals surface area contributed by atoms with Gasteiger partial charge in [0.1, 0.15) is 5.75 Å². The van der Waals surface area contributed by atoms with E-state index in [1.807, 2.05) is 18.4 Å². The van der Waals surface area contributed by atoms with Crippen LogP contribution in [0.3, 0.4) is 0 Å². The van der Waals surface area contributed by atoms with E-state index < -0.39 is 0 Å². The van der Waals surface area contributed by atoms with Gasteiger partial charge in [-0.05, 0) is 30.5 Å². The molecule has 1 amide bonds. The molecule has 0 atom stereocenters. The lowest BCUT2D eigenvalue weighted by Gasteiger charge is -2.11. The van der Waals surface area contributed by atoms with Crippen LogP contribution in [0.15, 0.2) is 35.7 Å². The minimum Gasteiger partial charge on any atom is -0.492 e. The molecule has 0 aliphatic rings. The van der Waals surface area contributed by atoms with Crippen molar-refractivity contribution in [3.8, 4) is 5.75 Å². The molecule has 1 aromatic carbocycles. The number of hydrogen-bond donors (Lipinski definition) is 2. The van der Waals surface area contributed by atoms with Crippen LogP contribution in [0.1, 0.15) is 22.2 Å². The second-order valence-electron chi connectivity index (χ2n) is 4.29. The number of thiophene rings is 1. The van der Waals surface area contributed by atoms with E-state index in [1.54, 1.807) is 29.5 Å². The molecule has 5 heteroatoms. The normalized spacial score (nSPS) is 10.2. The topological polar surface area (TPSA) is 64.4 Å². The van der Waals surface area contributed by atoms with Crippen molar-refractivity contribution in [3.05, 3.63) is 46.2 Å². The summed E-state index contributed by atoms with van der Waals surface area (Å²) in [7, 11) is 0. The molecule has 0 aliphatic carbocycles. The number of hydrogen-bond acceptors (Lipinski definition) is 4. The van der Waals surface area contributed by atoms with Crippen molar-refractivity contribution in [1.82, 2.24) is 5.32 Å². The van der Waals surface area contributed by atoms with Gasteiger partial charge in [0, 0.05) is 29.6 Å². The highest BCUT2D eigenvalue weighted by Gasteiger charge is 2.12. The standard InChI is InChI=1S/C15H18N2O2S/c1-2-17-15(18)13-6-5-11(16)10-14(13)19-8-7-12-4-3-9-20-12/h3-6,9-10H,2,7-8,16H2,1H3,(H,17,18). The van der Waals surface area contributed by atoms with E-state index in [0.717, 1.165) is 6.42 Å².